The molecule has 2 aliphatic rings. The number of carbonyl (C=O) groups is 2. The van der Waals surface area contributed by atoms with Gasteiger partial charge in [0, 0.05) is 31.2 Å². The summed E-state index contributed by atoms with van der Waals surface area (Å²) in [6.07, 6.45) is 2.63. The summed E-state index contributed by atoms with van der Waals surface area (Å²) in [6.45, 7) is 1.68. The second kappa shape index (κ2) is 7.77. The smallest absolute Gasteiger partial charge is 0.251 e. The van der Waals surface area contributed by atoms with Gasteiger partial charge in [0.1, 0.15) is 6.10 Å². The molecule has 0 radical (unpaired) electrons. The largest absolute Gasteiger partial charge is 0.364 e. The van der Waals surface area contributed by atoms with E-state index in [1.165, 1.54) is 0 Å². The van der Waals surface area contributed by atoms with Gasteiger partial charge in [0.2, 0.25) is 5.91 Å². The lowest BCUT2D eigenvalue weighted by Gasteiger charge is -2.32. The van der Waals surface area contributed by atoms with Crippen LogP contribution >= 0.6 is 0 Å². The van der Waals surface area contributed by atoms with E-state index < -0.39 is 0 Å². The standard InChI is InChI=1S/C18H25N3O3/c19-12-15-6-7-16(24-15)18(23)21-10-8-13(9-11-21)17(22)20-14-4-2-1-3-5-14/h1-5,13,15-16H,6-12,19H2,(H,20,22)/t15-,16+/m1/s1. The van der Waals surface area contributed by atoms with Crippen molar-refractivity contribution in [3.8, 4) is 0 Å². The summed E-state index contributed by atoms with van der Waals surface area (Å²) in [7, 11) is 0. The molecule has 2 heterocycles. The van der Waals surface area contributed by atoms with Crippen LogP contribution < -0.4 is 11.1 Å². The number of hydrogen-bond donors (Lipinski definition) is 2. The van der Waals surface area contributed by atoms with Crippen molar-refractivity contribution in [3.05, 3.63) is 30.3 Å². The number of para-hydroxylation sites is 1. The Kier molecular flexibility index (Phi) is 5.48. The van der Waals surface area contributed by atoms with Crippen molar-refractivity contribution in [2.45, 2.75) is 37.9 Å². The molecule has 1 aromatic rings. The number of ether oxygens (including phenoxy) is 1. The number of nitrogens with one attached hydrogen (secondary N) is 1. The molecule has 6 nitrogen and oxygen atoms in total. The van der Waals surface area contributed by atoms with Crippen molar-refractivity contribution in [2.75, 3.05) is 25.0 Å². The maximum atomic E-state index is 12.5. The molecule has 6 heteroatoms. The predicted octanol–water partition coefficient (Wildman–Crippen LogP) is 1.37. The van der Waals surface area contributed by atoms with E-state index in [4.69, 9.17) is 10.5 Å². The third-order valence-electron chi connectivity index (χ3n) is 4.86. The number of carbonyl (C=O) groups excluding carboxylic acids is 2. The van der Waals surface area contributed by atoms with E-state index in [1.807, 2.05) is 35.2 Å². The molecule has 2 aliphatic heterocycles. The molecule has 0 aliphatic carbocycles. The van der Waals surface area contributed by atoms with E-state index >= 15 is 0 Å². The molecule has 0 unspecified atom stereocenters. The predicted molar refractivity (Wildman–Crippen MR) is 91.3 cm³/mol. The summed E-state index contributed by atoms with van der Waals surface area (Å²) in [6, 6.07) is 9.46. The summed E-state index contributed by atoms with van der Waals surface area (Å²) in [5.41, 5.74) is 6.41. The van der Waals surface area contributed by atoms with Gasteiger partial charge < -0.3 is 20.7 Å². The fourth-order valence-corrected chi connectivity index (χ4v) is 3.39. The topological polar surface area (TPSA) is 84.7 Å². The molecule has 1 aromatic carbocycles. The summed E-state index contributed by atoms with van der Waals surface area (Å²) in [5, 5.41) is 2.94. The number of anilines is 1. The van der Waals surface area contributed by atoms with E-state index in [9.17, 15) is 9.59 Å². The Hall–Kier alpha value is -1.92. The van der Waals surface area contributed by atoms with Crippen LogP contribution in [-0.2, 0) is 14.3 Å². The van der Waals surface area contributed by atoms with Crippen LogP contribution in [0.1, 0.15) is 25.7 Å². The lowest BCUT2D eigenvalue weighted by Crippen LogP contribution is -2.45. The average molecular weight is 331 g/mol. The van der Waals surface area contributed by atoms with E-state index in [0.29, 0.717) is 32.5 Å². The maximum absolute atomic E-state index is 12.5. The van der Waals surface area contributed by atoms with Crippen LogP contribution in [0.5, 0.6) is 0 Å². The monoisotopic (exact) mass is 331 g/mol. The van der Waals surface area contributed by atoms with Crippen LogP contribution in [0, 0.1) is 5.92 Å². The molecule has 2 amide bonds. The first-order valence-corrected chi connectivity index (χ1v) is 8.67. The number of benzene rings is 1. The highest BCUT2D eigenvalue weighted by atomic mass is 16.5. The molecule has 3 N–H and O–H groups in total. The normalized spacial score (nSPS) is 24.8. The molecule has 0 aromatic heterocycles. The van der Waals surface area contributed by atoms with Crippen LogP contribution in [-0.4, -0.2) is 48.6 Å². The summed E-state index contributed by atoms with van der Waals surface area (Å²) < 4.78 is 5.68. The van der Waals surface area contributed by atoms with Gasteiger partial charge in [-0.25, -0.2) is 0 Å². The molecule has 0 saturated carbocycles. The van der Waals surface area contributed by atoms with Crippen molar-refractivity contribution in [3.63, 3.8) is 0 Å². The summed E-state index contributed by atoms with van der Waals surface area (Å²) >= 11 is 0. The van der Waals surface area contributed by atoms with Gasteiger partial charge in [0.25, 0.3) is 5.91 Å². The van der Waals surface area contributed by atoms with Crippen LogP contribution in [0.25, 0.3) is 0 Å². The molecule has 2 atom stereocenters. The molecular formula is C18H25N3O3. The SMILES string of the molecule is NC[C@H]1CC[C@@H](C(=O)N2CCC(C(=O)Nc3ccccc3)CC2)O1. The molecular weight excluding hydrogens is 306 g/mol. The first-order chi connectivity index (χ1) is 11.7. The molecule has 130 valence electrons. The van der Waals surface area contributed by atoms with Crippen LogP contribution in [0.4, 0.5) is 5.69 Å². The Morgan fingerprint density at radius 3 is 2.46 bits per heavy atom. The van der Waals surface area contributed by atoms with Gasteiger partial charge in [-0.3, -0.25) is 9.59 Å². The molecule has 0 spiro atoms. The number of nitrogens with two attached hydrogens (primary N) is 1. The number of nitrogens with zero attached hydrogens (tertiary/aromatic N) is 1. The zero-order valence-electron chi connectivity index (χ0n) is 13.8. The third-order valence-corrected chi connectivity index (χ3v) is 4.86. The van der Waals surface area contributed by atoms with Gasteiger partial charge in [-0.15, -0.1) is 0 Å². The molecule has 0 bridgehead atoms. The number of piperidine rings is 1. The number of rotatable bonds is 4. The Bertz CT molecular complexity index is 570. The second-order valence-electron chi connectivity index (χ2n) is 6.51. The fraction of sp³-hybridized carbons (Fsp3) is 0.556. The molecule has 2 fully saturated rings. The quantitative estimate of drug-likeness (QED) is 0.873. The third kappa shape index (κ3) is 3.94. The number of hydrogen-bond acceptors (Lipinski definition) is 4. The first kappa shape index (κ1) is 16.9. The van der Waals surface area contributed by atoms with E-state index in [2.05, 4.69) is 5.32 Å². The van der Waals surface area contributed by atoms with E-state index in [-0.39, 0.29) is 29.9 Å². The van der Waals surface area contributed by atoms with Crippen molar-refractivity contribution >= 4 is 17.5 Å². The van der Waals surface area contributed by atoms with E-state index in [0.717, 1.165) is 18.5 Å². The average Bonchev–Trinajstić information content (AvgIpc) is 3.11. The lowest BCUT2D eigenvalue weighted by molar-refractivity contribution is -0.145. The summed E-state index contributed by atoms with van der Waals surface area (Å²) in [4.78, 5) is 26.6. The highest BCUT2D eigenvalue weighted by Gasteiger charge is 2.35. The van der Waals surface area contributed by atoms with Crippen LogP contribution in [0.3, 0.4) is 0 Å². The number of likely N-dealkylation sites (tertiary alicyclic amines) is 1. The zero-order chi connectivity index (χ0) is 16.9. The lowest BCUT2D eigenvalue weighted by atomic mass is 9.95. The molecule has 3 rings (SSSR count). The fourth-order valence-electron chi connectivity index (χ4n) is 3.39. The van der Waals surface area contributed by atoms with Crippen LogP contribution in [0.15, 0.2) is 30.3 Å². The highest BCUT2D eigenvalue weighted by molar-refractivity contribution is 5.92. The minimum Gasteiger partial charge on any atom is -0.364 e. The Balaban J connectivity index is 1.47. The van der Waals surface area contributed by atoms with Gasteiger partial charge in [0.05, 0.1) is 6.10 Å². The van der Waals surface area contributed by atoms with Gasteiger partial charge in [-0.2, -0.15) is 0 Å². The maximum Gasteiger partial charge on any atom is 0.251 e. The van der Waals surface area contributed by atoms with Crippen LogP contribution in [0.2, 0.25) is 0 Å². The zero-order valence-corrected chi connectivity index (χ0v) is 13.8. The molecule has 2 saturated heterocycles. The minimum absolute atomic E-state index is 0.00754. The van der Waals surface area contributed by atoms with Crippen molar-refractivity contribution < 1.29 is 14.3 Å². The van der Waals surface area contributed by atoms with Crippen molar-refractivity contribution in [2.24, 2.45) is 11.7 Å². The Labute approximate surface area is 142 Å². The summed E-state index contributed by atoms with van der Waals surface area (Å²) in [5.74, 6) is 0.0389. The number of amides is 2. The Morgan fingerprint density at radius 2 is 1.83 bits per heavy atom. The van der Waals surface area contributed by atoms with Gasteiger partial charge >= 0.3 is 0 Å². The highest BCUT2D eigenvalue weighted by Crippen LogP contribution is 2.24. The minimum atomic E-state index is -0.353. The van der Waals surface area contributed by atoms with Crippen molar-refractivity contribution in [1.82, 2.24) is 4.90 Å². The van der Waals surface area contributed by atoms with Gasteiger partial charge in [-0.1, -0.05) is 18.2 Å². The van der Waals surface area contributed by atoms with Crippen molar-refractivity contribution in [1.29, 1.82) is 0 Å². The Morgan fingerprint density at radius 1 is 1.12 bits per heavy atom. The first-order valence-electron chi connectivity index (χ1n) is 8.67. The second-order valence-corrected chi connectivity index (χ2v) is 6.51. The molecule has 24 heavy (non-hydrogen) atoms. The van der Waals surface area contributed by atoms with Gasteiger partial charge in [0.15, 0.2) is 0 Å². The van der Waals surface area contributed by atoms with E-state index in [1.54, 1.807) is 0 Å². The van der Waals surface area contributed by atoms with Gasteiger partial charge in [-0.05, 0) is 37.8 Å².